The van der Waals surface area contributed by atoms with Crippen LogP contribution in [-0.2, 0) is 0 Å². The van der Waals surface area contributed by atoms with Crippen molar-refractivity contribution in [2.75, 3.05) is 12.9 Å². The molecule has 0 aliphatic carbocycles. The van der Waals surface area contributed by atoms with Crippen LogP contribution in [-0.4, -0.2) is 27.9 Å². The summed E-state index contributed by atoms with van der Waals surface area (Å²) in [6, 6.07) is 0. The molecule has 0 saturated heterocycles. The zero-order valence-corrected chi connectivity index (χ0v) is 7.58. The van der Waals surface area contributed by atoms with Crippen LogP contribution in [0.2, 0.25) is 0 Å². The van der Waals surface area contributed by atoms with Gasteiger partial charge < -0.3 is 5.11 Å². The van der Waals surface area contributed by atoms with Crippen LogP contribution >= 0.6 is 11.8 Å². The Labute approximate surface area is 75.6 Å². The van der Waals surface area contributed by atoms with Crippen LogP contribution in [0.15, 0.2) is 23.6 Å². The average molecular weight is 182 g/mol. The number of hydrogen-bond acceptors (Lipinski definition) is 4. The van der Waals surface area contributed by atoms with Gasteiger partial charge in [-0.15, -0.1) is 0 Å². The molecule has 0 spiro atoms. The highest BCUT2D eigenvalue weighted by atomic mass is 32.2. The van der Waals surface area contributed by atoms with E-state index >= 15 is 0 Å². The van der Waals surface area contributed by atoms with E-state index in [2.05, 4.69) is 9.97 Å². The Bertz CT molecular complexity index is 258. The minimum atomic E-state index is 0.0459. The molecule has 0 bridgehead atoms. The Hall–Kier alpha value is -0.870. The van der Waals surface area contributed by atoms with E-state index < -0.39 is 0 Å². The predicted molar refractivity (Wildman–Crippen MR) is 49.9 cm³/mol. The van der Waals surface area contributed by atoms with Gasteiger partial charge in [0.2, 0.25) is 0 Å². The molecule has 1 aromatic rings. The summed E-state index contributed by atoms with van der Waals surface area (Å²) in [5.74, 6) is 0. The van der Waals surface area contributed by atoms with E-state index in [0.717, 1.165) is 10.7 Å². The van der Waals surface area contributed by atoms with E-state index in [0.29, 0.717) is 0 Å². The molecule has 0 aliphatic heterocycles. The maximum Gasteiger partial charge on any atom is 0.187 e. The number of thioether (sulfide) groups is 1. The lowest BCUT2D eigenvalue weighted by Crippen LogP contribution is -1.85. The van der Waals surface area contributed by atoms with Gasteiger partial charge in [0.15, 0.2) is 5.16 Å². The minimum absolute atomic E-state index is 0.0459. The van der Waals surface area contributed by atoms with Crippen molar-refractivity contribution in [3.63, 3.8) is 0 Å². The van der Waals surface area contributed by atoms with Crippen LogP contribution in [0.3, 0.4) is 0 Å². The van der Waals surface area contributed by atoms with Crippen molar-refractivity contribution < 1.29 is 5.11 Å². The van der Waals surface area contributed by atoms with Crippen LogP contribution < -0.4 is 0 Å². The number of aromatic nitrogens is 2. The van der Waals surface area contributed by atoms with Gasteiger partial charge >= 0.3 is 0 Å². The van der Waals surface area contributed by atoms with Gasteiger partial charge in [-0.05, 0) is 6.26 Å². The van der Waals surface area contributed by atoms with E-state index in [1.165, 1.54) is 11.8 Å². The molecule has 1 N–H and O–H groups in total. The first-order chi connectivity index (χ1) is 5.86. The molecule has 1 heterocycles. The van der Waals surface area contributed by atoms with Gasteiger partial charge in [0.1, 0.15) is 0 Å². The second-order valence-electron chi connectivity index (χ2n) is 2.09. The first-order valence-corrected chi connectivity index (χ1v) is 4.72. The average Bonchev–Trinajstić information content (AvgIpc) is 2.15. The first-order valence-electron chi connectivity index (χ1n) is 3.50. The molecule has 1 aromatic heterocycles. The quantitative estimate of drug-likeness (QED) is 0.563. The summed E-state index contributed by atoms with van der Waals surface area (Å²) in [4.78, 5) is 8.14. The monoisotopic (exact) mass is 182 g/mol. The van der Waals surface area contributed by atoms with Crippen LogP contribution in [0.25, 0.3) is 6.08 Å². The third-order valence-corrected chi connectivity index (χ3v) is 1.82. The highest BCUT2D eigenvalue weighted by Gasteiger charge is 1.91. The van der Waals surface area contributed by atoms with Gasteiger partial charge in [-0.3, -0.25) is 0 Å². The van der Waals surface area contributed by atoms with Crippen molar-refractivity contribution >= 4 is 17.8 Å². The second kappa shape index (κ2) is 4.90. The maximum absolute atomic E-state index is 8.50. The number of aliphatic hydroxyl groups excluding tert-OH is 1. The molecule has 0 amide bonds. The Kier molecular flexibility index (Phi) is 3.76. The zero-order chi connectivity index (χ0) is 8.81. The number of nitrogens with zero attached hydrogens (tertiary/aromatic N) is 2. The summed E-state index contributed by atoms with van der Waals surface area (Å²) in [7, 11) is 0. The van der Waals surface area contributed by atoms with Gasteiger partial charge in [-0.1, -0.05) is 23.9 Å². The zero-order valence-electron chi connectivity index (χ0n) is 6.77. The van der Waals surface area contributed by atoms with E-state index in [1.807, 2.05) is 6.26 Å². The van der Waals surface area contributed by atoms with E-state index in [4.69, 9.17) is 5.11 Å². The fraction of sp³-hybridized carbons (Fsp3) is 0.250. The molecular weight excluding hydrogens is 172 g/mol. The lowest BCUT2D eigenvalue weighted by atomic mass is 10.3. The third-order valence-electron chi connectivity index (χ3n) is 1.25. The van der Waals surface area contributed by atoms with Crippen molar-refractivity contribution in [2.45, 2.75) is 5.16 Å². The largest absolute Gasteiger partial charge is 0.392 e. The molecule has 0 unspecified atom stereocenters. The Balaban J connectivity index is 2.71. The molecule has 0 atom stereocenters. The van der Waals surface area contributed by atoms with Crippen molar-refractivity contribution in [2.24, 2.45) is 0 Å². The van der Waals surface area contributed by atoms with Gasteiger partial charge in [-0.25, -0.2) is 9.97 Å². The van der Waals surface area contributed by atoms with Crippen molar-refractivity contribution in [3.05, 3.63) is 24.0 Å². The Morgan fingerprint density at radius 3 is 2.67 bits per heavy atom. The number of rotatable bonds is 3. The molecular formula is C8H10N2OS. The van der Waals surface area contributed by atoms with Crippen molar-refractivity contribution in [3.8, 4) is 0 Å². The highest BCUT2D eigenvalue weighted by molar-refractivity contribution is 7.98. The van der Waals surface area contributed by atoms with E-state index in [1.54, 1.807) is 24.5 Å². The summed E-state index contributed by atoms with van der Waals surface area (Å²) in [5.41, 5.74) is 0.904. The molecule has 0 fully saturated rings. The normalized spacial score (nSPS) is 10.8. The van der Waals surface area contributed by atoms with Gasteiger partial charge in [-0.2, -0.15) is 0 Å². The topological polar surface area (TPSA) is 46.0 Å². The Morgan fingerprint density at radius 1 is 1.50 bits per heavy atom. The lowest BCUT2D eigenvalue weighted by molar-refractivity contribution is 0.343. The molecule has 0 aromatic carbocycles. The second-order valence-corrected chi connectivity index (χ2v) is 2.86. The molecule has 1 rings (SSSR count). The molecule has 3 nitrogen and oxygen atoms in total. The number of hydrogen-bond donors (Lipinski definition) is 1. The molecule has 0 saturated carbocycles. The summed E-state index contributed by atoms with van der Waals surface area (Å²) in [6.07, 6.45) is 8.82. The Morgan fingerprint density at radius 2 is 2.17 bits per heavy atom. The number of aliphatic hydroxyl groups is 1. The van der Waals surface area contributed by atoms with Crippen LogP contribution in [0, 0.1) is 0 Å². The summed E-state index contributed by atoms with van der Waals surface area (Å²) < 4.78 is 0. The molecule has 0 radical (unpaired) electrons. The SMILES string of the molecule is CSc1ncc(C=CCO)cn1. The van der Waals surface area contributed by atoms with Crippen molar-refractivity contribution in [1.29, 1.82) is 0 Å². The van der Waals surface area contributed by atoms with Gasteiger partial charge in [0.25, 0.3) is 0 Å². The maximum atomic E-state index is 8.50. The smallest absolute Gasteiger partial charge is 0.187 e. The fourth-order valence-corrected chi connectivity index (χ4v) is 1.02. The van der Waals surface area contributed by atoms with Gasteiger partial charge in [0, 0.05) is 18.0 Å². The predicted octanol–water partition coefficient (Wildman–Crippen LogP) is 1.20. The summed E-state index contributed by atoms with van der Waals surface area (Å²) >= 11 is 1.51. The summed E-state index contributed by atoms with van der Waals surface area (Å²) in [6.45, 7) is 0.0459. The van der Waals surface area contributed by atoms with Crippen LogP contribution in [0.1, 0.15) is 5.56 Å². The third kappa shape index (κ3) is 2.64. The molecule has 64 valence electrons. The van der Waals surface area contributed by atoms with Crippen molar-refractivity contribution in [1.82, 2.24) is 9.97 Å². The minimum Gasteiger partial charge on any atom is -0.392 e. The van der Waals surface area contributed by atoms with Crippen LogP contribution in [0.4, 0.5) is 0 Å². The van der Waals surface area contributed by atoms with E-state index in [-0.39, 0.29) is 6.61 Å². The highest BCUT2D eigenvalue weighted by Crippen LogP contribution is 2.07. The fourth-order valence-electron chi connectivity index (χ4n) is 0.706. The standard InChI is InChI=1S/C8H10N2OS/c1-12-8-9-5-7(6-10-8)3-2-4-11/h2-3,5-6,11H,4H2,1H3. The first kappa shape index (κ1) is 9.22. The van der Waals surface area contributed by atoms with Crippen LogP contribution in [0.5, 0.6) is 0 Å². The molecule has 12 heavy (non-hydrogen) atoms. The van der Waals surface area contributed by atoms with Gasteiger partial charge in [0.05, 0.1) is 6.61 Å². The van der Waals surface area contributed by atoms with E-state index in [9.17, 15) is 0 Å². The molecule has 0 aliphatic rings. The summed E-state index contributed by atoms with van der Waals surface area (Å²) in [5, 5.41) is 9.26. The lowest BCUT2D eigenvalue weighted by Gasteiger charge is -1.93. The molecule has 4 heteroatoms.